The average molecular weight is 531 g/mol. The first-order valence-corrected chi connectivity index (χ1v) is 13.4. The third kappa shape index (κ3) is 6.48. The van der Waals surface area contributed by atoms with E-state index in [1.165, 1.54) is 34.8 Å². The van der Waals surface area contributed by atoms with Crippen molar-refractivity contribution in [2.75, 3.05) is 32.5 Å². The Morgan fingerprint density at radius 3 is 2.69 bits per heavy atom. The number of rotatable bonds is 9. The number of benzene rings is 1. The molecule has 11 heteroatoms. The molecule has 1 saturated carbocycles. The third-order valence-corrected chi connectivity index (χ3v) is 7.55. The van der Waals surface area contributed by atoms with Gasteiger partial charge in [-0.3, -0.25) is 19.0 Å². The fourth-order valence-corrected chi connectivity index (χ4v) is 5.40. The molecule has 0 saturated heterocycles. The summed E-state index contributed by atoms with van der Waals surface area (Å²) in [5, 5.41) is 6.44. The van der Waals surface area contributed by atoms with Crippen molar-refractivity contribution in [2.24, 2.45) is 5.92 Å². The minimum absolute atomic E-state index is 0.221. The molecule has 4 rings (SSSR count). The van der Waals surface area contributed by atoms with E-state index in [0.29, 0.717) is 44.8 Å². The van der Waals surface area contributed by atoms with Gasteiger partial charge in [-0.05, 0) is 44.6 Å². The summed E-state index contributed by atoms with van der Waals surface area (Å²) in [5.41, 5.74) is 0.538. The van der Waals surface area contributed by atoms with Crippen molar-refractivity contribution in [1.82, 2.24) is 24.8 Å². The molecule has 1 unspecified atom stereocenters. The van der Waals surface area contributed by atoms with Gasteiger partial charge in [0.05, 0.1) is 23.4 Å². The van der Waals surface area contributed by atoms with Crippen molar-refractivity contribution in [3.8, 4) is 0 Å². The molecule has 1 atom stereocenters. The van der Waals surface area contributed by atoms with Gasteiger partial charge in [-0.2, -0.15) is 0 Å². The number of fused-ring (bicyclic) bond motifs is 1. The largest absolute Gasteiger partial charge is 0.351 e. The minimum Gasteiger partial charge on any atom is -0.351 e. The molecule has 2 amide bonds. The van der Waals surface area contributed by atoms with Crippen molar-refractivity contribution >= 4 is 50.8 Å². The lowest BCUT2D eigenvalue weighted by Crippen LogP contribution is -2.35. The summed E-state index contributed by atoms with van der Waals surface area (Å²) in [7, 11) is 3.87. The van der Waals surface area contributed by atoms with Crippen LogP contribution in [-0.4, -0.2) is 58.4 Å². The number of thiazole rings is 1. The summed E-state index contributed by atoms with van der Waals surface area (Å²) in [6.45, 7) is 1.24. The van der Waals surface area contributed by atoms with E-state index in [9.17, 15) is 14.4 Å². The number of carbonyl (C=O) groups is 2. The molecule has 2 heterocycles. The zero-order chi connectivity index (χ0) is 25.7. The van der Waals surface area contributed by atoms with Crippen LogP contribution >= 0.6 is 22.9 Å². The van der Waals surface area contributed by atoms with Gasteiger partial charge in [-0.15, -0.1) is 0 Å². The molecule has 0 aliphatic heterocycles. The van der Waals surface area contributed by atoms with Gasteiger partial charge in [0.15, 0.2) is 5.13 Å². The van der Waals surface area contributed by atoms with Crippen LogP contribution < -0.4 is 16.2 Å². The van der Waals surface area contributed by atoms with Gasteiger partial charge in [-0.1, -0.05) is 55.0 Å². The van der Waals surface area contributed by atoms with Crippen LogP contribution in [0.15, 0.2) is 35.5 Å². The number of amides is 2. The molecule has 0 radical (unpaired) electrons. The lowest BCUT2D eigenvalue weighted by molar-refractivity contribution is -0.120. The number of halogens is 1. The van der Waals surface area contributed by atoms with Crippen molar-refractivity contribution in [3.05, 3.63) is 51.0 Å². The van der Waals surface area contributed by atoms with Crippen LogP contribution in [-0.2, 0) is 4.79 Å². The molecule has 0 spiro atoms. The fourth-order valence-electron chi connectivity index (χ4n) is 4.58. The minimum atomic E-state index is -0.728. The maximum Gasteiger partial charge on any atom is 0.261 e. The van der Waals surface area contributed by atoms with Crippen molar-refractivity contribution in [1.29, 1.82) is 0 Å². The Morgan fingerprint density at radius 1 is 1.22 bits per heavy atom. The zero-order valence-corrected chi connectivity index (χ0v) is 22.1. The lowest BCUT2D eigenvalue weighted by atomic mass is 9.84. The summed E-state index contributed by atoms with van der Waals surface area (Å²) in [6, 6.07) is 4.11. The molecule has 3 aromatic rings. The van der Waals surface area contributed by atoms with E-state index in [0.717, 1.165) is 32.2 Å². The van der Waals surface area contributed by atoms with Crippen LogP contribution in [0.3, 0.4) is 0 Å². The monoisotopic (exact) mass is 530 g/mol. The molecule has 1 aliphatic rings. The van der Waals surface area contributed by atoms with Crippen LogP contribution in [0.2, 0.25) is 4.34 Å². The molecule has 9 nitrogen and oxygen atoms in total. The topological polar surface area (TPSA) is 109 Å². The molecule has 1 aliphatic carbocycles. The Morgan fingerprint density at radius 2 is 2.00 bits per heavy atom. The molecule has 1 aromatic carbocycles. The van der Waals surface area contributed by atoms with Gasteiger partial charge in [0.1, 0.15) is 10.4 Å². The second kappa shape index (κ2) is 11.9. The van der Waals surface area contributed by atoms with E-state index in [4.69, 9.17) is 11.6 Å². The number of anilines is 1. The molecule has 0 bridgehead atoms. The van der Waals surface area contributed by atoms with E-state index < -0.39 is 6.04 Å². The summed E-state index contributed by atoms with van der Waals surface area (Å²) in [6.07, 6.45) is 8.98. The first-order chi connectivity index (χ1) is 17.3. The Balaban J connectivity index is 1.61. The van der Waals surface area contributed by atoms with Gasteiger partial charge in [0.25, 0.3) is 11.5 Å². The van der Waals surface area contributed by atoms with Gasteiger partial charge in [0, 0.05) is 18.7 Å². The van der Waals surface area contributed by atoms with E-state index in [1.807, 2.05) is 19.0 Å². The molecule has 192 valence electrons. The molecule has 2 N–H and O–H groups in total. The lowest BCUT2D eigenvalue weighted by Gasteiger charge is -2.27. The second-order valence-electron chi connectivity index (χ2n) is 9.46. The van der Waals surface area contributed by atoms with Gasteiger partial charge in [0.2, 0.25) is 5.91 Å². The number of hydrogen-bond acceptors (Lipinski definition) is 7. The first-order valence-electron chi connectivity index (χ1n) is 12.2. The predicted molar refractivity (Wildman–Crippen MR) is 143 cm³/mol. The van der Waals surface area contributed by atoms with Crippen LogP contribution in [0.4, 0.5) is 5.13 Å². The highest BCUT2D eigenvalue weighted by molar-refractivity contribution is 7.19. The number of carbonyl (C=O) groups excluding carboxylic acids is 2. The number of nitrogens with one attached hydrogen (secondary N) is 2. The van der Waals surface area contributed by atoms with Gasteiger partial charge >= 0.3 is 0 Å². The summed E-state index contributed by atoms with van der Waals surface area (Å²) in [4.78, 5) is 49.9. The van der Waals surface area contributed by atoms with E-state index in [1.54, 1.807) is 18.2 Å². The summed E-state index contributed by atoms with van der Waals surface area (Å²) < 4.78 is 1.89. The van der Waals surface area contributed by atoms with E-state index in [2.05, 4.69) is 20.6 Å². The maximum absolute atomic E-state index is 13.5. The average Bonchev–Trinajstić information content (AvgIpc) is 3.27. The zero-order valence-electron chi connectivity index (χ0n) is 20.5. The third-order valence-electron chi connectivity index (χ3n) is 6.52. The maximum atomic E-state index is 13.5. The second-order valence-corrected chi connectivity index (χ2v) is 11.1. The number of nitrogens with zero attached hydrogens (tertiary/aromatic N) is 4. The predicted octanol–water partition coefficient (Wildman–Crippen LogP) is 3.95. The number of hydrogen-bond donors (Lipinski definition) is 2. The van der Waals surface area contributed by atoms with Gasteiger partial charge < -0.3 is 15.5 Å². The van der Waals surface area contributed by atoms with Gasteiger partial charge in [-0.25, -0.2) is 9.97 Å². The van der Waals surface area contributed by atoms with E-state index >= 15 is 0 Å². The van der Waals surface area contributed by atoms with Crippen LogP contribution in [0.5, 0.6) is 0 Å². The van der Waals surface area contributed by atoms with Crippen molar-refractivity contribution in [3.63, 3.8) is 0 Å². The number of aromatic nitrogens is 3. The highest BCUT2D eigenvalue weighted by atomic mass is 35.5. The molecular formula is C25H31ClN6O3S. The SMILES string of the molecule is CN(C)CCNC(=O)c1ccc2c(=O)n(C(CC3CCCCC3)C(=O)Nc3ncc(Cl)s3)cnc2c1. The molecule has 36 heavy (non-hydrogen) atoms. The first kappa shape index (κ1) is 26.2. The summed E-state index contributed by atoms with van der Waals surface area (Å²) >= 11 is 7.14. The molecular weight excluding hydrogens is 500 g/mol. The van der Waals surface area contributed by atoms with Crippen molar-refractivity contribution in [2.45, 2.75) is 44.6 Å². The highest BCUT2D eigenvalue weighted by Crippen LogP contribution is 2.32. The highest BCUT2D eigenvalue weighted by Gasteiger charge is 2.28. The van der Waals surface area contributed by atoms with E-state index in [-0.39, 0.29) is 17.4 Å². The quantitative estimate of drug-likeness (QED) is 0.433. The van der Waals surface area contributed by atoms with Crippen LogP contribution in [0.25, 0.3) is 10.9 Å². The Labute approximate surface area is 218 Å². The molecule has 2 aromatic heterocycles. The Bertz CT molecular complexity index is 1280. The summed E-state index contributed by atoms with van der Waals surface area (Å²) in [5.74, 6) is -0.182. The Kier molecular flexibility index (Phi) is 8.71. The normalized spacial score (nSPS) is 15.2. The number of likely N-dealkylation sites (N-methyl/N-ethyl adjacent to an activating group) is 1. The van der Waals surface area contributed by atoms with Crippen LogP contribution in [0, 0.1) is 5.92 Å². The fraction of sp³-hybridized carbons (Fsp3) is 0.480. The van der Waals surface area contributed by atoms with Crippen LogP contribution in [0.1, 0.15) is 54.9 Å². The van der Waals surface area contributed by atoms with Crippen molar-refractivity contribution < 1.29 is 9.59 Å². The molecule has 1 fully saturated rings. The smallest absolute Gasteiger partial charge is 0.261 e. The Hall–Kier alpha value is -2.82. The standard InChI is InChI=1S/C25H31ClN6O3S/c1-31(2)11-10-27-22(33)17-8-9-18-19(13-17)29-15-32(24(18)35)20(12-16-6-4-3-5-7-16)23(34)30-25-28-14-21(26)36-25/h8-9,13-16,20H,3-7,10-12H2,1-2H3,(H,27,33)(H,28,30,34).